The lowest BCUT2D eigenvalue weighted by Crippen LogP contribution is -2.36. The van der Waals surface area contributed by atoms with Crippen LogP contribution >= 0.6 is 11.3 Å². The topological polar surface area (TPSA) is 66.1 Å². The SMILES string of the molecule is COc1c(F)c(F)cc(-c2ncc(Cn3ccc(=O)n(C)c3=O)s2)c1F. The fourth-order valence-electron chi connectivity index (χ4n) is 2.32. The van der Waals surface area contributed by atoms with Crippen molar-refractivity contribution in [1.82, 2.24) is 14.1 Å². The summed E-state index contributed by atoms with van der Waals surface area (Å²) in [6.07, 6.45) is 2.73. The van der Waals surface area contributed by atoms with Crippen molar-refractivity contribution in [2.24, 2.45) is 7.05 Å². The molecule has 10 heteroatoms. The predicted octanol–water partition coefficient (Wildman–Crippen LogP) is 2.14. The predicted molar refractivity (Wildman–Crippen MR) is 89.0 cm³/mol. The Balaban J connectivity index is 1.99. The Morgan fingerprint density at radius 2 is 1.96 bits per heavy atom. The quantitative estimate of drug-likeness (QED) is 0.648. The van der Waals surface area contributed by atoms with Crippen molar-refractivity contribution in [3.63, 3.8) is 0 Å². The van der Waals surface area contributed by atoms with Crippen molar-refractivity contribution in [3.05, 3.63) is 67.7 Å². The molecular weight excluding hydrogens is 371 g/mol. The van der Waals surface area contributed by atoms with Crippen molar-refractivity contribution in [3.8, 4) is 16.3 Å². The summed E-state index contributed by atoms with van der Waals surface area (Å²) in [5.41, 5.74) is -1.20. The monoisotopic (exact) mass is 383 g/mol. The second-order valence-corrected chi connectivity index (χ2v) is 6.44. The molecule has 0 unspecified atom stereocenters. The van der Waals surface area contributed by atoms with E-state index in [0.717, 1.165) is 23.0 Å². The first-order chi connectivity index (χ1) is 12.3. The van der Waals surface area contributed by atoms with Gasteiger partial charge in [0, 0.05) is 30.4 Å². The van der Waals surface area contributed by atoms with Gasteiger partial charge in [0.1, 0.15) is 5.01 Å². The van der Waals surface area contributed by atoms with Gasteiger partial charge in [-0.1, -0.05) is 0 Å². The van der Waals surface area contributed by atoms with Gasteiger partial charge in [-0.25, -0.2) is 18.6 Å². The Hall–Kier alpha value is -2.88. The van der Waals surface area contributed by atoms with Gasteiger partial charge in [-0.05, 0) is 6.07 Å². The molecule has 0 aliphatic rings. The van der Waals surface area contributed by atoms with E-state index in [1.54, 1.807) is 0 Å². The molecule has 0 spiro atoms. The highest BCUT2D eigenvalue weighted by molar-refractivity contribution is 7.15. The zero-order valence-corrected chi connectivity index (χ0v) is 14.4. The zero-order valence-electron chi connectivity index (χ0n) is 13.6. The second kappa shape index (κ2) is 6.79. The molecule has 0 aliphatic heterocycles. The van der Waals surface area contributed by atoms with Crippen LogP contribution in [-0.2, 0) is 13.6 Å². The first kappa shape index (κ1) is 17.9. The smallest absolute Gasteiger partial charge is 0.331 e. The van der Waals surface area contributed by atoms with Crippen LogP contribution in [0.4, 0.5) is 13.2 Å². The summed E-state index contributed by atoms with van der Waals surface area (Å²) in [4.78, 5) is 28.0. The van der Waals surface area contributed by atoms with Crippen LogP contribution in [0.5, 0.6) is 5.75 Å². The van der Waals surface area contributed by atoms with Crippen molar-refractivity contribution in [1.29, 1.82) is 0 Å². The van der Waals surface area contributed by atoms with E-state index in [2.05, 4.69) is 9.72 Å². The highest BCUT2D eigenvalue weighted by atomic mass is 32.1. The fraction of sp³-hybridized carbons (Fsp3) is 0.188. The third kappa shape index (κ3) is 3.03. The van der Waals surface area contributed by atoms with Crippen molar-refractivity contribution >= 4 is 11.3 Å². The summed E-state index contributed by atoms with van der Waals surface area (Å²) in [6, 6.07) is 1.94. The fourth-order valence-corrected chi connectivity index (χ4v) is 3.25. The third-order valence-electron chi connectivity index (χ3n) is 3.69. The molecule has 136 valence electrons. The number of hydrogen-bond acceptors (Lipinski definition) is 5. The molecule has 0 amide bonds. The molecule has 6 nitrogen and oxygen atoms in total. The molecule has 0 radical (unpaired) electrons. The Labute approximate surface area is 148 Å². The number of nitrogens with zero attached hydrogens (tertiary/aromatic N) is 3. The van der Waals surface area contributed by atoms with Crippen LogP contribution in [0.25, 0.3) is 10.6 Å². The van der Waals surface area contributed by atoms with E-state index in [9.17, 15) is 22.8 Å². The van der Waals surface area contributed by atoms with Crippen molar-refractivity contribution in [2.75, 3.05) is 7.11 Å². The lowest BCUT2D eigenvalue weighted by atomic mass is 10.2. The summed E-state index contributed by atoms with van der Waals surface area (Å²) >= 11 is 1.00. The molecule has 0 N–H and O–H groups in total. The summed E-state index contributed by atoms with van der Waals surface area (Å²) in [5, 5.41) is 0.104. The number of thiazole rings is 1. The van der Waals surface area contributed by atoms with E-state index in [0.29, 0.717) is 10.9 Å². The molecule has 0 aliphatic carbocycles. The van der Waals surface area contributed by atoms with E-state index >= 15 is 0 Å². The van der Waals surface area contributed by atoms with Gasteiger partial charge < -0.3 is 4.74 Å². The molecule has 1 aromatic carbocycles. The van der Waals surface area contributed by atoms with Crippen LogP contribution in [0.3, 0.4) is 0 Å². The van der Waals surface area contributed by atoms with Crippen LogP contribution in [0.15, 0.2) is 34.1 Å². The summed E-state index contributed by atoms with van der Waals surface area (Å²) < 4.78 is 48.3. The molecule has 0 bridgehead atoms. The van der Waals surface area contributed by atoms with Gasteiger partial charge in [0.05, 0.1) is 19.2 Å². The summed E-state index contributed by atoms with van der Waals surface area (Å²) in [6.45, 7) is 0.0903. The van der Waals surface area contributed by atoms with E-state index in [1.165, 1.54) is 30.1 Å². The van der Waals surface area contributed by atoms with Crippen LogP contribution < -0.4 is 16.0 Å². The van der Waals surface area contributed by atoms with E-state index < -0.39 is 34.5 Å². The molecule has 26 heavy (non-hydrogen) atoms. The molecule has 0 fully saturated rings. The van der Waals surface area contributed by atoms with Crippen LogP contribution in [0.2, 0.25) is 0 Å². The lowest BCUT2D eigenvalue weighted by Gasteiger charge is -2.07. The standard InChI is InChI=1S/C16H12F3N3O3S/c1-21-11(23)3-4-22(16(21)24)7-8-6-20-15(26-8)9-5-10(17)13(19)14(25-2)12(9)18/h3-6H,7H2,1-2H3. The highest BCUT2D eigenvalue weighted by Crippen LogP contribution is 2.35. The minimum Gasteiger partial charge on any atom is -0.491 e. The second-order valence-electron chi connectivity index (χ2n) is 5.32. The van der Waals surface area contributed by atoms with Gasteiger partial charge in [-0.15, -0.1) is 11.3 Å². The van der Waals surface area contributed by atoms with Gasteiger partial charge in [-0.2, -0.15) is 4.39 Å². The summed E-state index contributed by atoms with van der Waals surface area (Å²) in [5.74, 6) is -4.57. The van der Waals surface area contributed by atoms with Gasteiger partial charge in [0.2, 0.25) is 5.82 Å². The van der Waals surface area contributed by atoms with E-state index in [1.807, 2.05) is 0 Å². The average Bonchev–Trinajstić information content (AvgIpc) is 3.07. The first-order valence-electron chi connectivity index (χ1n) is 7.26. The maximum atomic E-state index is 14.3. The number of rotatable bonds is 4. The van der Waals surface area contributed by atoms with Crippen molar-refractivity contribution < 1.29 is 17.9 Å². The largest absolute Gasteiger partial charge is 0.491 e. The number of ether oxygens (including phenoxy) is 1. The normalized spacial score (nSPS) is 11.0. The maximum Gasteiger partial charge on any atom is 0.331 e. The van der Waals surface area contributed by atoms with Crippen LogP contribution in [-0.4, -0.2) is 21.2 Å². The van der Waals surface area contributed by atoms with Gasteiger partial charge in [0.15, 0.2) is 17.4 Å². The Morgan fingerprint density at radius 1 is 1.23 bits per heavy atom. The van der Waals surface area contributed by atoms with Crippen LogP contribution in [0, 0.1) is 17.5 Å². The zero-order chi connectivity index (χ0) is 19.0. The number of hydrogen-bond donors (Lipinski definition) is 0. The molecule has 2 aromatic heterocycles. The van der Waals surface area contributed by atoms with Crippen molar-refractivity contribution in [2.45, 2.75) is 6.54 Å². The number of methoxy groups -OCH3 is 1. The van der Waals surface area contributed by atoms with Gasteiger partial charge in [0.25, 0.3) is 5.56 Å². The van der Waals surface area contributed by atoms with Gasteiger partial charge >= 0.3 is 5.69 Å². The molecular formula is C16H12F3N3O3S. The Morgan fingerprint density at radius 3 is 2.65 bits per heavy atom. The average molecular weight is 383 g/mol. The minimum absolute atomic E-state index is 0.0903. The molecule has 0 atom stereocenters. The minimum atomic E-state index is -1.41. The maximum absolute atomic E-state index is 14.3. The van der Waals surface area contributed by atoms with Gasteiger partial charge in [-0.3, -0.25) is 13.9 Å². The third-order valence-corrected chi connectivity index (χ3v) is 4.71. The number of halogens is 3. The molecule has 0 saturated carbocycles. The van der Waals surface area contributed by atoms with E-state index in [-0.39, 0.29) is 17.1 Å². The highest BCUT2D eigenvalue weighted by Gasteiger charge is 2.22. The number of benzene rings is 1. The molecule has 2 heterocycles. The molecule has 3 rings (SSSR count). The Kier molecular flexibility index (Phi) is 4.68. The Bertz CT molecular complexity index is 1100. The molecule has 3 aromatic rings. The lowest BCUT2D eigenvalue weighted by molar-refractivity contribution is 0.347. The number of aromatic nitrogens is 3. The van der Waals surface area contributed by atoms with E-state index in [4.69, 9.17) is 0 Å². The van der Waals surface area contributed by atoms with Crippen LogP contribution in [0.1, 0.15) is 4.88 Å². The molecule has 0 saturated heterocycles. The first-order valence-corrected chi connectivity index (χ1v) is 8.08. The summed E-state index contributed by atoms with van der Waals surface area (Å²) in [7, 11) is 2.38.